The number of rotatable bonds is 7. The number of fused-ring (bicyclic) bond motifs is 1. The summed E-state index contributed by atoms with van der Waals surface area (Å²) in [5, 5.41) is 0. The Morgan fingerprint density at radius 3 is 2.78 bits per heavy atom. The Morgan fingerprint density at radius 2 is 2.09 bits per heavy atom. The Balaban J connectivity index is 1.95. The van der Waals surface area contributed by atoms with Crippen LogP contribution in [0.25, 0.3) is 0 Å². The highest BCUT2D eigenvalue weighted by Gasteiger charge is 2.24. The van der Waals surface area contributed by atoms with Crippen LogP contribution in [0.2, 0.25) is 0 Å². The Bertz CT molecular complexity index is 819. The first-order chi connectivity index (χ1) is 10.7. The molecule has 1 aromatic carbocycles. The molecule has 12 heteroatoms. The molecule has 1 aliphatic heterocycles. The predicted octanol–water partition coefficient (Wildman–Crippen LogP) is -0.386. The minimum atomic E-state index is -4.18. The van der Waals surface area contributed by atoms with Gasteiger partial charge in [-0.05, 0) is 25.0 Å². The van der Waals surface area contributed by atoms with Crippen LogP contribution in [-0.2, 0) is 20.5 Å². The molecule has 0 atom stereocenters. The summed E-state index contributed by atoms with van der Waals surface area (Å²) in [4.78, 5) is 0. The van der Waals surface area contributed by atoms with Gasteiger partial charge in [0.1, 0.15) is 5.75 Å². The summed E-state index contributed by atoms with van der Waals surface area (Å²) >= 11 is 0. The van der Waals surface area contributed by atoms with Crippen molar-refractivity contribution in [2.24, 2.45) is 10.1 Å². The Morgan fingerprint density at radius 1 is 1.35 bits per heavy atom. The highest BCUT2D eigenvalue weighted by Crippen LogP contribution is 2.30. The van der Waals surface area contributed by atoms with Crippen LogP contribution in [0.5, 0.6) is 5.75 Å². The van der Waals surface area contributed by atoms with Crippen molar-refractivity contribution in [2.45, 2.75) is 12.8 Å². The van der Waals surface area contributed by atoms with E-state index in [-0.39, 0.29) is 24.7 Å². The fourth-order valence-corrected chi connectivity index (χ4v) is 3.19. The molecule has 0 aliphatic carbocycles. The van der Waals surface area contributed by atoms with E-state index in [0.29, 0.717) is 24.2 Å². The lowest BCUT2D eigenvalue weighted by Crippen LogP contribution is -2.27. The van der Waals surface area contributed by atoms with E-state index in [1.54, 1.807) is 12.1 Å². The van der Waals surface area contributed by atoms with Crippen molar-refractivity contribution < 1.29 is 26.1 Å². The van der Waals surface area contributed by atoms with Gasteiger partial charge in [-0.3, -0.25) is 9.27 Å². The van der Waals surface area contributed by atoms with Crippen LogP contribution in [0.1, 0.15) is 18.4 Å². The second-order valence-electron chi connectivity index (χ2n) is 4.66. The van der Waals surface area contributed by atoms with Crippen LogP contribution in [0.15, 0.2) is 22.6 Å². The minimum absolute atomic E-state index is 0.0818. The summed E-state index contributed by atoms with van der Waals surface area (Å²) in [7, 11) is -8.02. The van der Waals surface area contributed by atoms with Gasteiger partial charge in [-0.1, -0.05) is 6.07 Å². The molecule has 1 aliphatic rings. The van der Waals surface area contributed by atoms with Gasteiger partial charge in [-0.15, -0.1) is 4.40 Å². The zero-order valence-corrected chi connectivity index (χ0v) is 13.5. The Hall–Kier alpha value is -1.89. The summed E-state index contributed by atoms with van der Waals surface area (Å²) in [5.41, 5.74) is 6.31. The summed E-state index contributed by atoms with van der Waals surface area (Å²) in [6.07, 6.45) is 0.958. The van der Waals surface area contributed by atoms with Gasteiger partial charge in [0.05, 0.1) is 17.9 Å². The maximum atomic E-state index is 11.5. The number of ether oxygens (including phenoxy) is 1. The number of hydrogen-bond acceptors (Lipinski definition) is 6. The van der Waals surface area contributed by atoms with Crippen LogP contribution >= 0.6 is 0 Å². The molecule has 1 aromatic rings. The average molecular weight is 364 g/mol. The van der Waals surface area contributed by atoms with E-state index in [4.69, 9.17) is 15.0 Å². The fraction of sp³-hybridized carbons (Fsp3) is 0.364. The third-order valence-electron chi connectivity index (χ3n) is 2.85. The molecular formula is C11H16N4O6S2. The zero-order valence-electron chi connectivity index (χ0n) is 11.9. The van der Waals surface area contributed by atoms with Crippen LogP contribution in [-0.4, -0.2) is 40.4 Å². The lowest BCUT2D eigenvalue weighted by molar-refractivity contribution is 0.306. The van der Waals surface area contributed by atoms with Crippen molar-refractivity contribution in [1.29, 1.82) is 0 Å². The second kappa shape index (κ2) is 6.70. The Kier molecular flexibility index (Phi) is 5.09. The normalized spacial score (nSPS) is 16.1. The quantitative estimate of drug-likeness (QED) is 0.378. The highest BCUT2D eigenvalue weighted by molar-refractivity contribution is 7.91. The van der Waals surface area contributed by atoms with Crippen LogP contribution < -0.4 is 19.9 Å². The van der Waals surface area contributed by atoms with E-state index in [2.05, 4.69) is 9.12 Å². The molecule has 23 heavy (non-hydrogen) atoms. The molecule has 0 fully saturated rings. The van der Waals surface area contributed by atoms with Crippen LogP contribution in [0.4, 0.5) is 5.69 Å². The van der Waals surface area contributed by atoms with Crippen molar-refractivity contribution in [3.05, 3.63) is 23.8 Å². The molecule has 2 rings (SSSR count). The first-order valence-corrected chi connectivity index (χ1v) is 9.42. The smallest absolute Gasteiger partial charge is 0.344 e. The van der Waals surface area contributed by atoms with Gasteiger partial charge >= 0.3 is 20.5 Å². The van der Waals surface area contributed by atoms with Crippen molar-refractivity contribution in [3.8, 4) is 5.75 Å². The number of nitrogens with zero attached hydrogens (tertiary/aromatic N) is 1. The van der Waals surface area contributed by atoms with Crippen LogP contribution in [0, 0.1) is 0 Å². The number of amidine groups is 1. The molecule has 5 N–H and O–H groups in total. The van der Waals surface area contributed by atoms with Crippen LogP contribution in [0.3, 0.4) is 0 Å². The van der Waals surface area contributed by atoms with Gasteiger partial charge in [0, 0.05) is 6.54 Å². The molecule has 0 amide bonds. The molecule has 0 bridgehead atoms. The van der Waals surface area contributed by atoms with Gasteiger partial charge in [0.2, 0.25) is 0 Å². The van der Waals surface area contributed by atoms with E-state index >= 15 is 0 Å². The molecule has 1 heterocycles. The molecule has 10 nitrogen and oxygen atoms in total. The third kappa shape index (κ3) is 5.06. The molecule has 0 saturated carbocycles. The number of nitrogens with two attached hydrogens (primary N) is 1. The fourth-order valence-electron chi connectivity index (χ4n) is 1.95. The summed E-state index contributed by atoms with van der Waals surface area (Å²) in [6, 6.07) is 4.77. The number of nitrogens with one attached hydrogen (secondary N) is 2. The molecule has 128 valence electrons. The molecule has 0 radical (unpaired) electrons. The van der Waals surface area contributed by atoms with Gasteiger partial charge in [-0.2, -0.15) is 21.6 Å². The molecule has 0 aromatic heterocycles. The first kappa shape index (κ1) is 17.5. The largest absolute Gasteiger partial charge is 0.493 e. The summed E-state index contributed by atoms with van der Waals surface area (Å²) in [6.45, 7) is 0.335. The van der Waals surface area contributed by atoms with E-state index in [9.17, 15) is 16.8 Å². The lowest BCUT2D eigenvalue weighted by Gasteiger charge is -2.19. The van der Waals surface area contributed by atoms with Gasteiger partial charge in [0.25, 0.3) is 0 Å². The number of anilines is 1. The van der Waals surface area contributed by atoms with Crippen molar-refractivity contribution >= 4 is 32.0 Å². The van der Waals surface area contributed by atoms with E-state index in [1.165, 1.54) is 6.07 Å². The SMILES string of the molecule is NC1=NS(=O)(=O)Nc2cccc(OCCCCNS(=O)(=O)O)c21. The van der Waals surface area contributed by atoms with Crippen molar-refractivity contribution in [2.75, 3.05) is 17.9 Å². The molecule has 0 spiro atoms. The Labute approximate surface area is 133 Å². The van der Waals surface area contributed by atoms with Crippen molar-refractivity contribution in [1.82, 2.24) is 4.72 Å². The van der Waals surface area contributed by atoms with E-state index < -0.39 is 20.5 Å². The molecular weight excluding hydrogens is 348 g/mol. The number of hydrogen-bond donors (Lipinski definition) is 4. The highest BCUT2D eigenvalue weighted by atomic mass is 32.2. The summed E-state index contributed by atoms with van der Waals surface area (Å²) < 4.78 is 65.4. The average Bonchev–Trinajstić information content (AvgIpc) is 2.39. The minimum Gasteiger partial charge on any atom is -0.493 e. The maximum absolute atomic E-state index is 11.5. The van der Waals surface area contributed by atoms with Crippen molar-refractivity contribution in [3.63, 3.8) is 0 Å². The molecule has 0 saturated heterocycles. The standard InChI is InChI=1S/C11H16N4O6S2/c12-11-10-8(14-22(16,17)15-11)4-3-5-9(10)21-7-2-1-6-13-23(18,19)20/h3-5,13-14H,1-2,6-7H2,(H2,12,15)(H,18,19,20). The van der Waals surface area contributed by atoms with Gasteiger partial charge < -0.3 is 10.5 Å². The number of unbranched alkanes of at least 4 members (excludes halogenated alkanes) is 1. The molecule has 0 unspecified atom stereocenters. The third-order valence-corrected chi connectivity index (χ3v) is 4.34. The predicted molar refractivity (Wildman–Crippen MR) is 84.0 cm³/mol. The topological polar surface area (TPSA) is 160 Å². The first-order valence-electron chi connectivity index (χ1n) is 6.54. The zero-order chi connectivity index (χ0) is 17.1. The van der Waals surface area contributed by atoms with E-state index in [1.807, 2.05) is 4.72 Å². The van der Waals surface area contributed by atoms with Gasteiger partial charge in [0.15, 0.2) is 5.84 Å². The second-order valence-corrected chi connectivity index (χ2v) is 7.23. The van der Waals surface area contributed by atoms with E-state index in [0.717, 1.165) is 0 Å². The monoisotopic (exact) mass is 364 g/mol. The number of benzene rings is 1. The van der Waals surface area contributed by atoms with Gasteiger partial charge in [-0.25, -0.2) is 0 Å². The lowest BCUT2D eigenvalue weighted by atomic mass is 10.1. The summed E-state index contributed by atoms with van der Waals surface area (Å²) in [5.74, 6) is 0.205. The maximum Gasteiger partial charge on any atom is 0.344 e.